The lowest BCUT2D eigenvalue weighted by atomic mass is 10.0. The van der Waals surface area contributed by atoms with Crippen LogP contribution in [0.1, 0.15) is 13.3 Å². The molecule has 0 radical (unpaired) electrons. The molecule has 0 aliphatic rings. The zero-order valence-corrected chi connectivity index (χ0v) is 9.32. The van der Waals surface area contributed by atoms with Gasteiger partial charge in [0.25, 0.3) is 3.85 Å². The molecule has 5 heteroatoms. The average molecular weight is 278 g/mol. The molecular formula is C3H8BIS3. The van der Waals surface area contributed by atoms with Gasteiger partial charge in [0.2, 0.25) is 0 Å². The topological polar surface area (TPSA) is 0 Å². The highest BCUT2D eigenvalue weighted by Gasteiger charge is 2.03. The fourth-order valence-electron chi connectivity index (χ4n) is 0.344. The summed E-state index contributed by atoms with van der Waals surface area (Å²) in [7, 11) is -0.514. The minimum atomic E-state index is -0.514. The first kappa shape index (κ1) is 9.58. The molecule has 0 fully saturated rings. The van der Waals surface area contributed by atoms with Crippen LogP contribution >= 0.6 is 22.4 Å². The molecule has 0 aromatic heterocycles. The molecule has 0 spiro atoms. The van der Waals surface area contributed by atoms with Crippen LogP contribution in [0.3, 0.4) is 0 Å². The molecule has 0 aromatic carbocycles. The second-order valence-electron chi connectivity index (χ2n) is 1.51. The van der Waals surface area contributed by atoms with Gasteiger partial charge in [-0.2, -0.15) is 0 Å². The third-order valence-electron chi connectivity index (χ3n) is 0.756. The maximum absolute atomic E-state index is 4.94. The smallest absolute Gasteiger partial charge is 0.133 e. The summed E-state index contributed by atoms with van der Waals surface area (Å²) >= 11 is 12.2. The minimum Gasteiger partial charge on any atom is -0.133 e. The summed E-state index contributed by atoms with van der Waals surface area (Å²) in [6.45, 7) is 2.16. The van der Waals surface area contributed by atoms with E-state index in [1.54, 1.807) is 0 Å². The summed E-state index contributed by atoms with van der Waals surface area (Å²) in [4.78, 5) is 0. The Balaban J connectivity index is 3.48. The second kappa shape index (κ2) is 5.38. The van der Waals surface area contributed by atoms with Crippen LogP contribution in [0.15, 0.2) is 0 Å². The van der Waals surface area contributed by atoms with E-state index in [2.05, 4.69) is 29.3 Å². The van der Waals surface area contributed by atoms with Crippen molar-refractivity contribution in [2.75, 3.05) is 0 Å². The van der Waals surface area contributed by atoms with Gasteiger partial charge in [-0.25, -0.2) is 0 Å². The van der Waals surface area contributed by atoms with Crippen molar-refractivity contribution in [1.82, 2.24) is 0 Å². The summed E-state index contributed by atoms with van der Waals surface area (Å²) in [5.74, 6) is 0. The van der Waals surface area contributed by atoms with E-state index in [0.717, 1.165) is 0 Å². The highest BCUT2D eigenvalue weighted by atomic mass is 127. The normalized spacial score (nSPS) is 9.88. The minimum absolute atomic E-state index is 0.514. The molecular weight excluding hydrogens is 270 g/mol. The monoisotopic (exact) mass is 278 g/mol. The highest BCUT2D eigenvalue weighted by Crippen LogP contribution is 2.04. The molecule has 0 heterocycles. The predicted octanol–water partition coefficient (Wildman–Crippen LogP) is 1.59. The molecule has 0 rings (SSSR count). The van der Waals surface area contributed by atoms with Gasteiger partial charge in [-0.3, -0.25) is 0 Å². The van der Waals surface area contributed by atoms with Gasteiger partial charge in [0.1, 0.15) is 0 Å². The molecule has 0 N–H and O–H groups in total. The van der Waals surface area contributed by atoms with Crippen LogP contribution in [0, 0.1) is 0 Å². The molecule has 0 aromatic rings. The lowest BCUT2D eigenvalue weighted by Gasteiger charge is -1.93. The van der Waals surface area contributed by atoms with Gasteiger partial charge < -0.3 is 0 Å². The van der Waals surface area contributed by atoms with Gasteiger partial charge in [0.05, 0.1) is 0 Å². The van der Waals surface area contributed by atoms with Crippen molar-refractivity contribution in [3.8, 4) is 0 Å². The number of rotatable bonds is 3. The Bertz CT molecular complexity index is 114. The first-order valence-electron chi connectivity index (χ1n) is 2.46. The van der Waals surface area contributed by atoms with Crippen LogP contribution in [0.5, 0.6) is 0 Å². The van der Waals surface area contributed by atoms with Crippen LogP contribution in [0.2, 0.25) is 6.32 Å². The SMILES string of the molecule is CCCB(I)[SH](=S)=S. The van der Waals surface area contributed by atoms with Crippen LogP contribution in [-0.4, -0.2) is 3.85 Å². The Kier molecular flexibility index (Phi) is 6.44. The molecule has 0 aliphatic carbocycles. The average Bonchev–Trinajstić information content (AvgIpc) is 1.67. The molecule has 0 saturated heterocycles. The van der Waals surface area contributed by atoms with E-state index in [1.807, 2.05) is 0 Å². The molecule has 0 nitrogen and oxygen atoms in total. The molecule has 48 valence electrons. The molecule has 0 saturated carbocycles. The highest BCUT2D eigenvalue weighted by molar-refractivity contribution is 14.1. The molecule has 0 unspecified atom stereocenters. The third-order valence-corrected chi connectivity index (χ3v) is 7.56. The summed E-state index contributed by atoms with van der Waals surface area (Å²) in [6, 6.07) is 0. The van der Waals surface area contributed by atoms with Crippen LogP contribution in [0.4, 0.5) is 0 Å². The number of thiol groups is 1. The Morgan fingerprint density at radius 3 is 2.25 bits per heavy atom. The number of halogens is 1. The van der Waals surface area contributed by atoms with Gasteiger partial charge in [0.15, 0.2) is 0 Å². The Morgan fingerprint density at radius 1 is 1.62 bits per heavy atom. The van der Waals surface area contributed by atoms with Crippen molar-refractivity contribution in [3.63, 3.8) is 0 Å². The van der Waals surface area contributed by atoms with Gasteiger partial charge in [-0.05, 0) is 0 Å². The van der Waals surface area contributed by atoms with Crippen molar-refractivity contribution in [2.24, 2.45) is 0 Å². The van der Waals surface area contributed by atoms with Crippen LogP contribution in [0.25, 0.3) is 0 Å². The van der Waals surface area contributed by atoms with Crippen molar-refractivity contribution < 1.29 is 0 Å². The van der Waals surface area contributed by atoms with E-state index < -0.39 is 7.86 Å². The Labute approximate surface area is 75.5 Å². The van der Waals surface area contributed by atoms with E-state index in [9.17, 15) is 0 Å². The first-order chi connectivity index (χ1) is 3.68. The summed E-state index contributed by atoms with van der Waals surface area (Å²) in [5, 5.41) is 0. The van der Waals surface area contributed by atoms with E-state index in [1.165, 1.54) is 12.7 Å². The number of hydrogen-bond acceptors (Lipinski definition) is 2. The van der Waals surface area contributed by atoms with Crippen LogP contribution in [-0.2, 0) is 30.2 Å². The van der Waals surface area contributed by atoms with Crippen molar-refractivity contribution >= 4 is 56.5 Å². The Hall–Kier alpha value is 1.58. The van der Waals surface area contributed by atoms with Gasteiger partial charge in [0, 0.05) is 0 Å². The van der Waals surface area contributed by atoms with E-state index >= 15 is 0 Å². The molecule has 8 heavy (non-hydrogen) atoms. The first-order valence-corrected chi connectivity index (χ1v) is 7.14. The third kappa shape index (κ3) is 4.46. The fourth-order valence-corrected chi connectivity index (χ4v) is 2.07. The van der Waals surface area contributed by atoms with Gasteiger partial charge in [-0.15, -0.1) is 30.2 Å². The number of hydrogen-bond donors (Lipinski definition) is 1. The van der Waals surface area contributed by atoms with Crippen molar-refractivity contribution in [3.05, 3.63) is 0 Å². The largest absolute Gasteiger partial charge is 0.291 e. The van der Waals surface area contributed by atoms with E-state index in [-0.39, 0.29) is 0 Å². The fraction of sp³-hybridized carbons (Fsp3) is 1.00. The zero-order chi connectivity index (χ0) is 6.57. The second-order valence-corrected chi connectivity index (χ2v) is 8.25. The van der Waals surface area contributed by atoms with Gasteiger partial charge in [-0.1, -0.05) is 42.0 Å². The predicted molar refractivity (Wildman–Crippen MR) is 58.4 cm³/mol. The molecule has 0 aliphatic heterocycles. The standard InChI is InChI=1S/C3H8BIS3/c1-2-3-4(5)8(6)7/h8H,2-3H2,1H3. The molecule has 0 atom stereocenters. The lowest BCUT2D eigenvalue weighted by Crippen LogP contribution is -2.00. The summed E-state index contributed by atoms with van der Waals surface area (Å²) in [6.07, 6.45) is 2.40. The van der Waals surface area contributed by atoms with Crippen molar-refractivity contribution in [1.29, 1.82) is 0 Å². The van der Waals surface area contributed by atoms with E-state index in [0.29, 0.717) is 3.85 Å². The van der Waals surface area contributed by atoms with Crippen molar-refractivity contribution in [2.45, 2.75) is 19.7 Å². The summed E-state index contributed by atoms with van der Waals surface area (Å²) in [5.41, 5.74) is 0. The maximum Gasteiger partial charge on any atom is 0.291 e. The maximum atomic E-state index is 4.94. The molecule has 0 bridgehead atoms. The Morgan fingerprint density at radius 2 is 2.12 bits per heavy atom. The van der Waals surface area contributed by atoms with E-state index in [4.69, 9.17) is 22.4 Å². The molecule has 0 amide bonds. The zero-order valence-electron chi connectivity index (χ0n) is 4.63. The summed E-state index contributed by atoms with van der Waals surface area (Å²) < 4.78 is 0.581. The lowest BCUT2D eigenvalue weighted by molar-refractivity contribution is 1.08. The quantitative estimate of drug-likeness (QED) is 0.473. The van der Waals surface area contributed by atoms with Crippen LogP contribution < -0.4 is 0 Å². The van der Waals surface area contributed by atoms with Gasteiger partial charge >= 0.3 is 0 Å².